The topological polar surface area (TPSA) is 12.5 Å². The molecule has 1 fully saturated rings. The summed E-state index contributed by atoms with van der Waals surface area (Å²) in [4.78, 5) is 2.28. The van der Waals surface area contributed by atoms with Gasteiger partial charge in [-0.25, -0.2) is 4.39 Å². The average molecular weight is 193 g/mol. The number of hydrogen-bond donors (Lipinski definition) is 1. The lowest BCUT2D eigenvalue weighted by Gasteiger charge is -2.28. The Labute approximate surface area is 78.7 Å². The second-order valence-corrected chi connectivity index (χ2v) is 3.46. The van der Waals surface area contributed by atoms with Crippen LogP contribution in [-0.4, -0.2) is 37.3 Å². The monoisotopic (exact) mass is 193 g/mol. The van der Waals surface area contributed by atoms with E-state index in [-0.39, 0.29) is 0 Å². The molecule has 0 spiro atoms. The lowest BCUT2D eigenvalue weighted by atomic mass is 10.1. The van der Waals surface area contributed by atoms with E-state index in [9.17, 15) is 4.39 Å². The Balaban J connectivity index is 2.01. The van der Waals surface area contributed by atoms with Crippen molar-refractivity contribution in [3.8, 4) is 0 Å². The van der Waals surface area contributed by atoms with Gasteiger partial charge in [0.1, 0.15) is 6.17 Å². The molecule has 12 heavy (non-hydrogen) atoms. The van der Waals surface area contributed by atoms with Crippen LogP contribution < -0.4 is 0 Å². The molecule has 0 saturated carbocycles. The van der Waals surface area contributed by atoms with Gasteiger partial charge in [0.2, 0.25) is 0 Å². The van der Waals surface area contributed by atoms with E-state index in [0.717, 1.165) is 26.1 Å². The highest BCUT2D eigenvalue weighted by Gasteiger charge is 2.17. The molecule has 0 amide bonds. The molecule has 1 aliphatic rings. The third kappa shape index (κ3) is 3.74. The van der Waals surface area contributed by atoms with Gasteiger partial charge in [-0.05, 0) is 32.2 Å². The number of nitrogens with zero attached hydrogens (tertiary/aromatic N) is 1. The highest BCUT2D eigenvalue weighted by atomic mass is 32.1. The summed E-state index contributed by atoms with van der Waals surface area (Å²) in [7, 11) is 0. The first kappa shape index (κ1) is 10.3. The van der Waals surface area contributed by atoms with Crippen molar-refractivity contribution in [1.29, 1.82) is 0 Å². The predicted octanol–water partition coefficient (Wildman–Crippen LogP) is 1.67. The second-order valence-electron chi connectivity index (χ2n) is 3.20. The van der Waals surface area contributed by atoms with E-state index < -0.39 is 6.17 Å². The lowest BCUT2D eigenvalue weighted by Crippen LogP contribution is -2.35. The molecule has 0 atom stereocenters. The minimum Gasteiger partial charge on any atom is -0.318 e. The quantitative estimate of drug-likeness (QED) is 0.414. The summed E-state index contributed by atoms with van der Waals surface area (Å²) in [6, 6.07) is 0. The van der Waals surface area contributed by atoms with Crippen LogP contribution in [0.2, 0.25) is 0 Å². The Bertz CT molecular complexity index is 118. The fourth-order valence-electron chi connectivity index (χ4n) is 1.48. The molecule has 0 aromatic heterocycles. The van der Waals surface area contributed by atoms with Crippen LogP contribution >= 0.6 is 12.9 Å². The summed E-state index contributed by atoms with van der Waals surface area (Å²) in [5.74, 6) is 0. The largest absolute Gasteiger partial charge is 0.318 e. The highest BCUT2D eigenvalue weighted by molar-refractivity contribution is 7.75. The Morgan fingerprint density at radius 2 is 2.08 bits per heavy atom. The standard InChI is InChI=1S/C8H16FNOS/c9-8-2-5-10(6-3-8)4-1-7-11-12/h8,12H,1-7H2. The third-order valence-electron chi connectivity index (χ3n) is 2.23. The van der Waals surface area contributed by atoms with Crippen LogP contribution in [0.25, 0.3) is 0 Å². The molecule has 72 valence electrons. The summed E-state index contributed by atoms with van der Waals surface area (Å²) in [6.45, 7) is 3.48. The van der Waals surface area contributed by atoms with E-state index in [1.807, 2.05) is 0 Å². The van der Waals surface area contributed by atoms with Crippen LogP contribution in [0.5, 0.6) is 0 Å². The Kier molecular flexibility index (Phi) is 4.95. The van der Waals surface area contributed by atoms with Gasteiger partial charge in [0.05, 0.1) is 6.61 Å². The van der Waals surface area contributed by atoms with Crippen LogP contribution in [0.3, 0.4) is 0 Å². The first-order valence-corrected chi connectivity index (χ1v) is 4.82. The third-order valence-corrected chi connectivity index (χ3v) is 2.41. The maximum Gasteiger partial charge on any atom is 0.103 e. The molecule has 1 heterocycles. The van der Waals surface area contributed by atoms with Crippen LogP contribution in [0, 0.1) is 0 Å². The van der Waals surface area contributed by atoms with Crippen LogP contribution in [0.15, 0.2) is 0 Å². The first-order chi connectivity index (χ1) is 5.83. The molecule has 0 aliphatic carbocycles. The van der Waals surface area contributed by atoms with E-state index >= 15 is 0 Å². The molecule has 0 bridgehead atoms. The molecule has 1 saturated heterocycles. The smallest absolute Gasteiger partial charge is 0.103 e. The Morgan fingerprint density at radius 3 is 2.67 bits per heavy atom. The second kappa shape index (κ2) is 5.78. The van der Waals surface area contributed by atoms with Crippen molar-refractivity contribution in [3.05, 3.63) is 0 Å². The van der Waals surface area contributed by atoms with Gasteiger partial charge in [-0.1, -0.05) is 0 Å². The predicted molar refractivity (Wildman–Crippen MR) is 50.1 cm³/mol. The molecule has 4 heteroatoms. The van der Waals surface area contributed by atoms with E-state index in [2.05, 4.69) is 22.0 Å². The zero-order chi connectivity index (χ0) is 8.81. The van der Waals surface area contributed by atoms with Gasteiger partial charge >= 0.3 is 0 Å². The summed E-state index contributed by atoms with van der Waals surface area (Å²) in [5, 5.41) is 0. The molecular weight excluding hydrogens is 177 g/mol. The van der Waals surface area contributed by atoms with Crippen molar-refractivity contribution in [2.24, 2.45) is 0 Å². The molecule has 0 aromatic rings. The lowest BCUT2D eigenvalue weighted by molar-refractivity contribution is 0.145. The van der Waals surface area contributed by atoms with Crippen molar-refractivity contribution in [2.45, 2.75) is 25.4 Å². The van der Waals surface area contributed by atoms with Gasteiger partial charge < -0.3 is 9.08 Å². The van der Waals surface area contributed by atoms with E-state index in [1.165, 1.54) is 0 Å². The van der Waals surface area contributed by atoms with Gasteiger partial charge in [-0.2, -0.15) is 0 Å². The number of rotatable bonds is 4. The minimum atomic E-state index is -0.567. The number of alkyl halides is 1. The fraction of sp³-hybridized carbons (Fsp3) is 1.00. The van der Waals surface area contributed by atoms with Crippen molar-refractivity contribution >= 4 is 12.9 Å². The van der Waals surface area contributed by atoms with Gasteiger partial charge in [0.25, 0.3) is 0 Å². The number of likely N-dealkylation sites (tertiary alicyclic amines) is 1. The maximum absolute atomic E-state index is 12.7. The summed E-state index contributed by atoms with van der Waals surface area (Å²) < 4.78 is 17.3. The van der Waals surface area contributed by atoms with E-state index in [4.69, 9.17) is 0 Å². The SMILES string of the molecule is FC1CCN(CCCOS)CC1. The van der Waals surface area contributed by atoms with Gasteiger partial charge in [-0.3, -0.25) is 0 Å². The first-order valence-electron chi connectivity index (χ1n) is 4.45. The molecule has 0 aromatic carbocycles. The number of hydrogen-bond acceptors (Lipinski definition) is 3. The van der Waals surface area contributed by atoms with Crippen molar-refractivity contribution < 1.29 is 8.57 Å². The average Bonchev–Trinajstić information content (AvgIpc) is 2.09. The van der Waals surface area contributed by atoms with Crippen molar-refractivity contribution in [3.63, 3.8) is 0 Å². The molecular formula is C8H16FNOS. The minimum absolute atomic E-state index is 0.567. The fourth-order valence-corrected chi connectivity index (χ4v) is 1.61. The number of thiol groups is 1. The van der Waals surface area contributed by atoms with Gasteiger partial charge in [0.15, 0.2) is 0 Å². The number of halogens is 1. The molecule has 1 rings (SSSR count). The summed E-state index contributed by atoms with van der Waals surface area (Å²) in [5.41, 5.74) is 0. The normalized spacial score (nSPS) is 21.5. The summed E-state index contributed by atoms with van der Waals surface area (Å²) in [6.07, 6.45) is 1.81. The van der Waals surface area contributed by atoms with Gasteiger partial charge in [0, 0.05) is 19.6 Å². The van der Waals surface area contributed by atoms with Crippen LogP contribution in [0.1, 0.15) is 19.3 Å². The van der Waals surface area contributed by atoms with E-state index in [0.29, 0.717) is 19.4 Å². The van der Waals surface area contributed by atoms with Crippen LogP contribution in [0.4, 0.5) is 4.39 Å². The van der Waals surface area contributed by atoms with Crippen molar-refractivity contribution in [1.82, 2.24) is 4.90 Å². The summed E-state index contributed by atoms with van der Waals surface area (Å²) >= 11 is 3.65. The molecule has 0 unspecified atom stereocenters. The van der Waals surface area contributed by atoms with Crippen LogP contribution in [-0.2, 0) is 4.18 Å². The highest BCUT2D eigenvalue weighted by Crippen LogP contribution is 2.13. The molecule has 0 radical (unpaired) electrons. The zero-order valence-electron chi connectivity index (χ0n) is 7.21. The Hall–Kier alpha value is 0.200. The van der Waals surface area contributed by atoms with Crippen molar-refractivity contribution in [2.75, 3.05) is 26.2 Å². The molecule has 1 aliphatic heterocycles. The molecule has 0 N–H and O–H groups in total. The van der Waals surface area contributed by atoms with E-state index in [1.54, 1.807) is 0 Å². The maximum atomic E-state index is 12.7. The number of piperidine rings is 1. The Morgan fingerprint density at radius 1 is 1.42 bits per heavy atom. The zero-order valence-corrected chi connectivity index (χ0v) is 8.10. The van der Waals surface area contributed by atoms with Gasteiger partial charge in [-0.15, -0.1) is 0 Å². The molecule has 2 nitrogen and oxygen atoms in total.